The maximum Gasteiger partial charge on any atom is 0.303 e. The van der Waals surface area contributed by atoms with Crippen molar-refractivity contribution >= 4 is 29.5 Å². The highest BCUT2D eigenvalue weighted by molar-refractivity contribution is 7.99. The molecule has 2 heterocycles. The Morgan fingerprint density at radius 1 is 1.05 bits per heavy atom. The average Bonchev–Trinajstić information content (AvgIpc) is 2.85. The molecule has 5 saturated carbocycles. The molecule has 5 aliphatic carbocycles. The van der Waals surface area contributed by atoms with E-state index in [9.17, 15) is 19.8 Å². The summed E-state index contributed by atoms with van der Waals surface area (Å²) in [5.41, 5.74) is 0.168. The van der Waals surface area contributed by atoms with Crippen molar-refractivity contribution in [2.24, 2.45) is 23.7 Å². The van der Waals surface area contributed by atoms with E-state index >= 15 is 0 Å². The summed E-state index contributed by atoms with van der Waals surface area (Å²) in [7, 11) is 0. The molecule has 1 saturated heterocycles. The van der Waals surface area contributed by atoms with Gasteiger partial charge in [-0.25, -0.2) is 4.98 Å². The van der Waals surface area contributed by atoms with Crippen LogP contribution >= 0.6 is 11.8 Å². The van der Waals surface area contributed by atoms with Crippen LogP contribution in [-0.2, 0) is 4.79 Å². The average molecular weight is 528 g/mol. The van der Waals surface area contributed by atoms with Crippen LogP contribution < -0.4 is 10.2 Å². The Morgan fingerprint density at radius 2 is 1.81 bits per heavy atom. The van der Waals surface area contributed by atoms with Gasteiger partial charge >= 0.3 is 5.97 Å². The summed E-state index contributed by atoms with van der Waals surface area (Å²) in [6.07, 6.45) is 13.0. The van der Waals surface area contributed by atoms with Crippen LogP contribution in [-0.4, -0.2) is 57.1 Å². The zero-order valence-corrected chi connectivity index (χ0v) is 22.6. The first-order valence-electron chi connectivity index (χ1n) is 14.5. The molecule has 3 atom stereocenters. The lowest BCUT2D eigenvalue weighted by Crippen LogP contribution is -2.61. The van der Waals surface area contributed by atoms with Crippen LogP contribution in [0.5, 0.6) is 0 Å². The number of amides is 1. The highest BCUT2D eigenvalue weighted by Gasteiger charge is 2.55. The zero-order chi connectivity index (χ0) is 25.6. The number of pyridine rings is 1. The summed E-state index contributed by atoms with van der Waals surface area (Å²) < 4.78 is 0. The van der Waals surface area contributed by atoms with Crippen molar-refractivity contribution in [1.29, 1.82) is 0 Å². The number of aliphatic hydroxyl groups is 1. The van der Waals surface area contributed by atoms with Gasteiger partial charge in [0.2, 0.25) is 0 Å². The van der Waals surface area contributed by atoms with Crippen LogP contribution in [0.25, 0.3) is 0 Å². The van der Waals surface area contributed by atoms with Crippen molar-refractivity contribution in [3.8, 4) is 0 Å². The number of piperidine rings is 1. The Morgan fingerprint density at radius 3 is 2.51 bits per heavy atom. The van der Waals surface area contributed by atoms with E-state index in [0.717, 1.165) is 75.2 Å². The van der Waals surface area contributed by atoms with E-state index in [4.69, 9.17) is 4.98 Å². The summed E-state index contributed by atoms with van der Waals surface area (Å²) in [6.45, 7) is 1.57. The fraction of sp³-hybridized carbons (Fsp3) is 0.759. The number of carboxylic acid groups (broad SMARTS) is 1. The largest absolute Gasteiger partial charge is 0.481 e. The van der Waals surface area contributed by atoms with E-state index in [-0.39, 0.29) is 24.3 Å². The molecule has 37 heavy (non-hydrogen) atoms. The van der Waals surface area contributed by atoms with E-state index in [2.05, 4.69) is 10.2 Å². The molecule has 1 aliphatic heterocycles. The summed E-state index contributed by atoms with van der Waals surface area (Å²) in [6, 6.07) is 4.06. The Balaban J connectivity index is 1.22. The van der Waals surface area contributed by atoms with Crippen molar-refractivity contribution in [2.45, 2.75) is 105 Å². The normalized spacial score (nSPS) is 35.5. The summed E-state index contributed by atoms with van der Waals surface area (Å²) >= 11 is 1.77. The number of nitrogens with one attached hydrogen (secondary N) is 1. The molecule has 7 nitrogen and oxygen atoms in total. The van der Waals surface area contributed by atoms with Gasteiger partial charge in [0, 0.05) is 30.8 Å². The van der Waals surface area contributed by atoms with Gasteiger partial charge in [-0.3, -0.25) is 9.59 Å². The minimum absolute atomic E-state index is 0.0239. The number of aliphatic carboxylic acids is 1. The number of aromatic nitrogens is 1. The molecule has 8 heteroatoms. The van der Waals surface area contributed by atoms with Gasteiger partial charge in [0.15, 0.2) is 0 Å². The van der Waals surface area contributed by atoms with E-state index in [1.807, 2.05) is 12.1 Å². The fourth-order valence-electron chi connectivity index (χ4n) is 8.34. The van der Waals surface area contributed by atoms with Crippen molar-refractivity contribution < 1.29 is 19.8 Å². The van der Waals surface area contributed by atoms with Crippen molar-refractivity contribution in [3.05, 3.63) is 17.7 Å². The van der Waals surface area contributed by atoms with Crippen LogP contribution in [0.2, 0.25) is 0 Å². The van der Waals surface area contributed by atoms with Crippen LogP contribution in [0.3, 0.4) is 0 Å². The molecule has 0 radical (unpaired) electrons. The van der Waals surface area contributed by atoms with Crippen molar-refractivity contribution in [2.75, 3.05) is 18.0 Å². The van der Waals surface area contributed by atoms with Gasteiger partial charge in [-0.1, -0.05) is 19.3 Å². The number of carbonyl (C=O) groups excluding carboxylic acids is 1. The zero-order valence-electron chi connectivity index (χ0n) is 21.7. The Bertz CT molecular complexity index is 1010. The molecule has 1 aromatic heterocycles. The van der Waals surface area contributed by atoms with E-state index < -0.39 is 11.6 Å². The smallest absolute Gasteiger partial charge is 0.303 e. The predicted octanol–water partition coefficient (Wildman–Crippen LogP) is 4.87. The van der Waals surface area contributed by atoms with Crippen LogP contribution in [0.4, 0.5) is 5.82 Å². The van der Waals surface area contributed by atoms with E-state index in [1.165, 1.54) is 19.3 Å². The number of anilines is 1. The minimum atomic E-state index is -0.739. The SMILES string of the molecule is O=C(O)C[C@@H]1CCCN(c2ccc(C(=O)NC3C4CC5CC3CC(O)(C5)C4)c(SC3CCCCC3)n2)C1. The lowest BCUT2D eigenvalue weighted by molar-refractivity contribution is -0.138. The number of nitrogens with zero attached hydrogens (tertiary/aromatic N) is 2. The first-order valence-corrected chi connectivity index (χ1v) is 15.4. The standard InChI is InChI=1S/C29H41N3O4S/c33-25(34)13-18-5-4-10-32(17-18)24-9-8-23(28(30-24)37-22-6-2-1-3-7-22)27(35)31-26-20-11-19-12-21(26)16-29(36,14-19)15-20/h8-9,18-22,26,36H,1-7,10-17H2,(H,31,35)(H,33,34)/t18-,19?,20?,21?,26?,29?/m0/s1. The van der Waals surface area contributed by atoms with Crippen LogP contribution in [0, 0.1) is 23.7 Å². The summed E-state index contributed by atoms with van der Waals surface area (Å²) in [5, 5.41) is 25.0. The van der Waals surface area contributed by atoms with Gasteiger partial charge in [0.25, 0.3) is 5.91 Å². The third-order valence-corrected chi connectivity index (χ3v) is 11.1. The monoisotopic (exact) mass is 527 g/mol. The molecule has 2 unspecified atom stereocenters. The van der Waals surface area contributed by atoms with Gasteiger partial charge in [-0.15, -0.1) is 11.8 Å². The lowest BCUT2D eigenvalue weighted by atomic mass is 9.52. The third-order valence-electron chi connectivity index (χ3n) is 9.77. The van der Waals surface area contributed by atoms with Gasteiger partial charge in [-0.2, -0.15) is 0 Å². The van der Waals surface area contributed by atoms with Crippen LogP contribution in [0.15, 0.2) is 17.2 Å². The molecule has 0 spiro atoms. The molecule has 1 aromatic rings. The summed E-state index contributed by atoms with van der Waals surface area (Å²) in [4.78, 5) is 32.3. The highest BCUT2D eigenvalue weighted by atomic mass is 32.2. The van der Waals surface area contributed by atoms with Gasteiger partial charge < -0.3 is 20.4 Å². The number of thioether (sulfide) groups is 1. The minimum Gasteiger partial charge on any atom is -0.481 e. The van der Waals surface area contributed by atoms with E-state index in [1.54, 1.807) is 11.8 Å². The maximum atomic E-state index is 13.7. The fourth-order valence-corrected chi connectivity index (χ4v) is 9.66. The van der Waals surface area contributed by atoms with Gasteiger partial charge in [0.05, 0.1) is 11.2 Å². The molecule has 3 N–H and O–H groups in total. The molecule has 6 fully saturated rings. The second-order valence-electron chi connectivity index (χ2n) is 12.6. The van der Waals surface area contributed by atoms with Gasteiger partial charge in [0.1, 0.15) is 10.8 Å². The number of hydrogen-bond donors (Lipinski definition) is 3. The molecule has 202 valence electrons. The molecule has 7 rings (SSSR count). The maximum absolute atomic E-state index is 13.7. The Kier molecular flexibility index (Phi) is 7.16. The molecule has 6 aliphatic rings. The highest BCUT2D eigenvalue weighted by Crippen LogP contribution is 2.55. The second-order valence-corrected chi connectivity index (χ2v) is 13.9. The summed E-state index contributed by atoms with van der Waals surface area (Å²) in [5.74, 6) is 1.60. The second kappa shape index (κ2) is 10.4. The number of carboxylic acids is 1. The van der Waals surface area contributed by atoms with Crippen LogP contribution in [0.1, 0.15) is 93.8 Å². The van der Waals surface area contributed by atoms with Crippen molar-refractivity contribution in [3.63, 3.8) is 0 Å². The van der Waals surface area contributed by atoms with Crippen molar-refractivity contribution in [1.82, 2.24) is 10.3 Å². The lowest BCUT2D eigenvalue weighted by Gasteiger charge is -2.58. The van der Waals surface area contributed by atoms with E-state index in [0.29, 0.717) is 35.1 Å². The third kappa shape index (κ3) is 5.51. The Hall–Kier alpha value is -1.80. The molecular weight excluding hydrogens is 486 g/mol. The molecule has 0 aromatic carbocycles. The number of hydrogen-bond acceptors (Lipinski definition) is 6. The first kappa shape index (κ1) is 25.5. The predicted molar refractivity (Wildman–Crippen MR) is 144 cm³/mol. The quantitative estimate of drug-likeness (QED) is 0.465. The topological polar surface area (TPSA) is 103 Å². The van der Waals surface area contributed by atoms with Gasteiger partial charge in [-0.05, 0) is 93.6 Å². The molecule has 1 amide bonds. The molecular formula is C29H41N3O4S. The number of rotatable bonds is 7. The first-order chi connectivity index (χ1) is 17.8. The molecule has 4 bridgehead atoms. The number of carbonyl (C=O) groups is 2. The Labute approximate surface area is 224 Å².